The van der Waals surface area contributed by atoms with Crippen LogP contribution in [-0.4, -0.2) is 22.5 Å². The van der Waals surface area contributed by atoms with Crippen LogP contribution < -0.4 is 32.3 Å². The number of carbonyl (C=O) groups is 1. The number of thiazole rings is 1. The minimum absolute atomic E-state index is 0.215. The van der Waals surface area contributed by atoms with E-state index in [1.165, 1.54) is 23.1 Å². The summed E-state index contributed by atoms with van der Waals surface area (Å²) < 4.78 is 8.17. The molecule has 0 aliphatic carbocycles. The average Bonchev–Trinajstić information content (AvgIpc) is 3.07. The number of nitrogens with two attached hydrogens (primary N) is 1. The normalized spacial score (nSPS) is 14.5. The Labute approximate surface area is 174 Å². The summed E-state index contributed by atoms with van der Waals surface area (Å²) in [7, 11) is 0. The number of rotatable bonds is 6. The molecule has 3 rings (SSSR count). The van der Waals surface area contributed by atoms with Crippen LogP contribution in [0.1, 0.15) is 19.0 Å². The Morgan fingerprint density at radius 1 is 1.46 bits per heavy atom. The van der Waals surface area contributed by atoms with Crippen LogP contribution in [0.4, 0.5) is 10.9 Å². The Morgan fingerprint density at radius 3 is 3.04 bits per heavy atom. The quantitative estimate of drug-likeness (QED) is 0.435. The van der Waals surface area contributed by atoms with E-state index in [9.17, 15) is 4.79 Å². The fraction of sp³-hybridized carbons (Fsp3) is 0.188. The molecule has 0 saturated carbocycles. The number of nitrogens with one attached hydrogen (secondary N) is 1. The van der Waals surface area contributed by atoms with Crippen molar-refractivity contribution >= 4 is 56.5 Å². The molecule has 0 amide bonds. The summed E-state index contributed by atoms with van der Waals surface area (Å²) in [6, 6.07) is 3.55. The first-order chi connectivity index (χ1) is 12.5. The first-order valence-corrected chi connectivity index (χ1v) is 11.9. The number of halogens is 2. The van der Waals surface area contributed by atoms with Gasteiger partial charge in [-0.25, -0.2) is 0 Å². The van der Waals surface area contributed by atoms with Crippen molar-refractivity contribution in [2.45, 2.75) is 13.3 Å². The standard InChI is InChI=1S/C16H15ClIN4O2S2/c1-2-24-14(23)5-10-15(26-12(19)6-18-10)11-8-25-16(21-11)22-13-4-3-9(17)7-20-13/h3-4,6-8H,2,5,19H2,1H3,(H,20,21,22)/q-1. The van der Waals surface area contributed by atoms with Gasteiger partial charge in [0.25, 0.3) is 0 Å². The van der Waals surface area contributed by atoms with Crippen molar-refractivity contribution in [2.24, 2.45) is 5.73 Å². The number of carbonyl (C=O) groups excluding carboxylic acids is 1. The molecule has 0 fully saturated rings. The molecule has 0 atom stereocenters. The zero-order chi connectivity index (χ0) is 18.5. The predicted octanol–water partition coefficient (Wildman–Crippen LogP) is 1.15. The number of nitrogens with zero attached hydrogens (tertiary/aromatic N) is 2. The van der Waals surface area contributed by atoms with Crippen molar-refractivity contribution in [1.82, 2.24) is 9.97 Å². The predicted molar refractivity (Wildman–Crippen MR) is 103 cm³/mol. The van der Waals surface area contributed by atoms with Crippen molar-refractivity contribution in [3.8, 4) is 0 Å². The molecule has 10 heteroatoms. The number of hydrogen-bond acceptors (Lipinski definition) is 8. The number of esters is 1. The zero-order valence-electron chi connectivity index (χ0n) is 13.7. The molecule has 0 bridgehead atoms. The number of ether oxygens (including phenoxy) is 1. The van der Waals surface area contributed by atoms with Crippen molar-refractivity contribution < 1.29 is 30.7 Å². The van der Waals surface area contributed by atoms with Crippen LogP contribution in [0.3, 0.4) is 0 Å². The summed E-state index contributed by atoms with van der Waals surface area (Å²) in [6.07, 6.45) is 1.86. The van der Waals surface area contributed by atoms with E-state index in [4.69, 9.17) is 22.1 Å². The van der Waals surface area contributed by atoms with Gasteiger partial charge in [0, 0.05) is 0 Å². The monoisotopic (exact) mass is 521 g/mol. The van der Waals surface area contributed by atoms with E-state index in [0.717, 1.165) is 19.2 Å². The number of aromatic nitrogens is 2. The molecular formula is C16H15ClIN4O2S2-. The summed E-state index contributed by atoms with van der Waals surface area (Å²) in [5, 5.41) is 7.15. The van der Waals surface area contributed by atoms with Gasteiger partial charge in [-0.15, -0.1) is 0 Å². The van der Waals surface area contributed by atoms with Crippen LogP contribution in [0.5, 0.6) is 0 Å². The van der Waals surface area contributed by atoms with Crippen LogP contribution in [0.15, 0.2) is 36.4 Å². The summed E-state index contributed by atoms with van der Waals surface area (Å²) in [5.74, 6) is 0.451. The van der Waals surface area contributed by atoms with Gasteiger partial charge in [0.15, 0.2) is 0 Å². The molecule has 1 aliphatic rings. The zero-order valence-corrected chi connectivity index (χ0v) is 18.2. The van der Waals surface area contributed by atoms with Gasteiger partial charge in [0.05, 0.1) is 0 Å². The molecule has 0 aromatic carbocycles. The molecular weight excluding hydrogens is 507 g/mol. The molecule has 2 aromatic rings. The molecule has 3 heterocycles. The van der Waals surface area contributed by atoms with E-state index in [1.54, 1.807) is 25.3 Å². The average molecular weight is 522 g/mol. The molecule has 0 radical (unpaired) electrons. The van der Waals surface area contributed by atoms with Crippen LogP contribution >= 0.6 is 34.7 Å². The number of pyridine rings is 1. The van der Waals surface area contributed by atoms with Gasteiger partial charge in [-0.05, 0) is 0 Å². The Balaban J connectivity index is 1.80. The van der Waals surface area contributed by atoms with Gasteiger partial charge in [-0.3, -0.25) is 0 Å². The van der Waals surface area contributed by atoms with Gasteiger partial charge < -0.3 is 0 Å². The molecule has 2 aromatic heterocycles. The third kappa shape index (κ3) is 5.12. The van der Waals surface area contributed by atoms with E-state index >= 15 is 0 Å². The molecule has 26 heavy (non-hydrogen) atoms. The topological polar surface area (TPSA) is 90.1 Å². The van der Waals surface area contributed by atoms with Crippen LogP contribution in [0.25, 0.3) is 4.91 Å². The first kappa shape index (κ1) is 19.5. The Morgan fingerprint density at radius 2 is 2.31 bits per heavy atom. The fourth-order valence-electron chi connectivity index (χ4n) is 2.01. The van der Waals surface area contributed by atoms with Gasteiger partial charge >= 0.3 is 175 Å². The van der Waals surface area contributed by atoms with E-state index < -0.39 is 21.2 Å². The Bertz CT molecular complexity index is 867. The Kier molecular flexibility index (Phi) is 6.79. The van der Waals surface area contributed by atoms with Crippen LogP contribution in [0, 0.1) is 0 Å². The van der Waals surface area contributed by atoms with Crippen molar-refractivity contribution in [3.63, 3.8) is 0 Å². The summed E-state index contributed by atoms with van der Waals surface area (Å²) in [5.41, 5.74) is 6.81. The first-order valence-electron chi connectivity index (χ1n) is 7.55. The van der Waals surface area contributed by atoms with Crippen LogP contribution in [0.2, 0.25) is 5.02 Å². The second-order valence-corrected chi connectivity index (χ2v) is 9.89. The van der Waals surface area contributed by atoms with Gasteiger partial charge in [0.2, 0.25) is 0 Å². The molecule has 0 unspecified atom stereocenters. The summed E-state index contributed by atoms with van der Waals surface area (Å²) in [4.78, 5) is 21.7. The fourth-order valence-corrected chi connectivity index (χ4v) is 6.66. The maximum atomic E-state index is 11.9. The molecule has 6 nitrogen and oxygen atoms in total. The molecule has 1 aliphatic heterocycles. The minimum atomic E-state index is -0.458. The second kappa shape index (κ2) is 9.07. The maximum absolute atomic E-state index is 11.9. The summed E-state index contributed by atoms with van der Waals surface area (Å²) in [6.45, 7) is 2.18. The summed E-state index contributed by atoms with van der Waals surface area (Å²) >= 11 is 8.31. The Hall–Kier alpha value is -1.30. The third-order valence-corrected chi connectivity index (χ3v) is 8.50. The number of hydrogen-bond donors (Lipinski definition) is 2. The van der Waals surface area contributed by atoms with E-state index in [-0.39, 0.29) is 12.4 Å². The molecule has 0 spiro atoms. The van der Waals surface area contributed by atoms with Gasteiger partial charge in [0.1, 0.15) is 0 Å². The SMILES string of the molecule is CCOC(=O)CC1=C(c2csc(Nc3ccc(Cl)cn3)n2)SC(N)=C[I-]1. The van der Waals surface area contributed by atoms with Gasteiger partial charge in [-0.2, -0.15) is 0 Å². The van der Waals surface area contributed by atoms with Crippen molar-refractivity contribution in [2.75, 3.05) is 11.9 Å². The number of thioether (sulfide) groups is 1. The third-order valence-electron chi connectivity index (χ3n) is 3.06. The molecule has 138 valence electrons. The van der Waals surface area contributed by atoms with E-state index in [2.05, 4.69) is 15.3 Å². The van der Waals surface area contributed by atoms with E-state index in [0.29, 0.717) is 22.6 Å². The van der Waals surface area contributed by atoms with Crippen molar-refractivity contribution in [1.29, 1.82) is 0 Å². The van der Waals surface area contributed by atoms with E-state index in [1.807, 2.05) is 9.46 Å². The van der Waals surface area contributed by atoms with Crippen LogP contribution in [-0.2, 0) is 9.53 Å². The van der Waals surface area contributed by atoms with Crippen molar-refractivity contribution in [3.05, 3.63) is 47.1 Å². The second-order valence-electron chi connectivity index (χ2n) is 4.96. The van der Waals surface area contributed by atoms with Gasteiger partial charge in [-0.1, -0.05) is 0 Å². The molecule has 0 saturated heterocycles. The number of anilines is 2. The molecule has 3 N–H and O–H groups in total.